The highest BCUT2D eigenvalue weighted by molar-refractivity contribution is 4.96. The van der Waals surface area contributed by atoms with Gasteiger partial charge in [-0.05, 0) is 44.9 Å². The van der Waals surface area contributed by atoms with E-state index in [-0.39, 0.29) is 5.41 Å². The summed E-state index contributed by atoms with van der Waals surface area (Å²) in [6.45, 7) is 6.37. The van der Waals surface area contributed by atoms with E-state index in [2.05, 4.69) is 13.0 Å². The highest BCUT2D eigenvalue weighted by Gasteiger charge is 2.38. The van der Waals surface area contributed by atoms with Gasteiger partial charge in [-0.2, -0.15) is 5.26 Å². The lowest BCUT2D eigenvalue weighted by atomic mass is 9.85. The molecule has 0 aliphatic heterocycles. The Morgan fingerprint density at radius 3 is 2.36 bits per heavy atom. The van der Waals surface area contributed by atoms with Crippen molar-refractivity contribution in [1.29, 1.82) is 5.26 Å². The topological polar surface area (TPSA) is 23.8 Å². The van der Waals surface area contributed by atoms with Gasteiger partial charge in [0.2, 0.25) is 0 Å². The second kappa shape index (κ2) is 2.52. The summed E-state index contributed by atoms with van der Waals surface area (Å²) in [6, 6.07) is 2.34. The van der Waals surface area contributed by atoms with Crippen molar-refractivity contribution in [1.82, 2.24) is 0 Å². The second-order valence-corrected chi connectivity index (χ2v) is 4.81. The first-order valence-corrected chi connectivity index (χ1v) is 4.39. The number of hydrogen-bond donors (Lipinski definition) is 0. The first kappa shape index (κ1) is 8.59. The SMILES string of the molecule is CC(C)(C#N)CCC1(C)CC1. The molecule has 0 bridgehead atoms. The Labute approximate surface area is 69.4 Å². The van der Waals surface area contributed by atoms with Crippen molar-refractivity contribution >= 4 is 0 Å². The van der Waals surface area contributed by atoms with Crippen molar-refractivity contribution in [3.63, 3.8) is 0 Å². The summed E-state index contributed by atoms with van der Waals surface area (Å²) in [6.07, 6.45) is 5.02. The molecule has 1 aliphatic rings. The van der Waals surface area contributed by atoms with E-state index in [0.717, 1.165) is 6.42 Å². The molecule has 0 saturated heterocycles. The molecule has 1 saturated carbocycles. The first-order chi connectivity index (χ1) is 4.97. The Kier molecular flexibility index (Phi) is 1.96. The largest absolute Gasteiger partial charge is 0.198 e. The van der Waals surface area contributed by atoms with Crippen LogP contribution in [0.25, 0.3) is 0 Å². The van der Waals surface area contributed by atoms with Crippen molar-refractivity contribution in [2.24, 2.45) is 10.8 Å². The molecule has 1 rings (SSSR count). The molecule has 0 N–H and O–H groups in total. The zero-order chi connectivity index (χ0) is 8.54. The van der Waals surface area contributed by atoms with E-state index in [9.17, 15) is 0 Å². The van der Waals surface area contributed by atoms with E-state index in [1.165, 1.54) is 19.3 Å². The molecule has 0 aromatic rings. The van der Waals surface area contributed by atoms with Gasteiger partial charge in [0.25, 0.3) is 0 Å². The molecule has 0 heterocycles. The predicted octanol–water partition coefficient (Wildman–Crippen LogP) is 3.12. The standard InChI is InChI=1S/C10H17N/c1-9(2,8-11)4-5-10(3)6-7-10/h4-7H2,1-3H3. The molecule has 1 heteroatoms. The maximum atomic E-state index is 8.76. The van der Waals surface area contributed by atoms with Crippen LogP contribution in [0.3, 0.4) is 0 Å². The lowest BCUT2D eigenvalue weighted by Crippen LogP contribution is -2.09. The average Bonchev–Trinajstić information content (AvgIpc) is 2.66. The van der Waals surface area contributed by atoms with Crippen LogP contribution in [0.2, 0.25) is 0 Å². The molecule has 11 heavy (non-hydrogen) atoms. The van der Waals surface area contributed by atoms with Crippen LogP contribution in [0.5, 0.6) is 0 Å². The Balaban J connectivity index is 2.27. The van der Waals surface area contributed by atoms with Crippen LogP contribution in [0, 0.1) is 22.2 Å². The molecule has 0 amide bonds. The van der Waals surface area contributed by atoms with Gasteiger partial charge in [0.05, 0.1) is 11.5 Å². The first-order valence-electron chi connectivity index (χ1n) is 4.39. The van der Waals surface area contributed by atoms with Crippen LogP contribution in [0.4, 0.5) is 0 Å². The maximum Gasteiger partial charge on any atom is 0.0683 e. The van der Waals surface area contributed by atoms with E-state index in [4.69, 9.17) is 5.26 Å². The van der Waals surface area contributed by atoms with E-state index >= 15 is 0 Å². The zero-order valence-electron chi connectivity index (χ0n) is 7.78. The molecule has 0 spiro atoms. The third-order valence-electron chi connectivity index (χ3n) is 2.76. The molecule has 0 unspecified atom stereocenters. The monoisotopic (exact) mass is 151 g/mol. The molecule has 1 fully saturated rings. The van der Waals surface area contributed by atoms with Gasteiger partial charge in [-0.3, -0.25) is 0 Å². The molecule has 0 radical (unpaired) electrons. The summed E-state index contributed by atoms with van der Waals surface area (Å²) in [5.74, 6) is 0. The Bertz CT molecular complexity index is 182. The summed E-state index contributed by atoms with van der Waals surface area (Å²) in [5, 5.41) is 8.76. The van der Waals surface area contributed by atoms with Gasteiger partial charge in [-0.1, -0.05) is 6.92 Å². The molecule has 0 aromatic carbocycles. The maximum absolute atomic E-state index is 8.76. The number of nitrogens with zero attached hydrogens (tertiary/aromatic N) is 1. The van der Waals surface area contributed by atoms with E-state index in [1.54, 1.807) is 0 Å². The minimum absolute atomic E-state index is 0.106. The van der Waals surface area contributed by atoms with Crippen molar-refractivity contribution in [3.8, 4) is 6.07 Å². The predicted molar refractivity (Wildman–Crippen MR) is 46.0 cm³/mol. The molecule has 62 valence electrons. The van der Waals surface area contributed by atoms with Crippen molar-refractivity contribution in [3.05, 3.63) is 0 Å². The fourth-order valence-electron chi connectivity index (χ4n) is 1.13. The lowest BCUT2D eigenvalue weighted by molar-refractivity contribution is 0.370. The quantitative estimate of drug-likeness (QED) is 0.608. The van der Waals surface area contributed by atoms with Crippen LogP contribution in [0.15, 0.2) is 0 Å². The number of nitriles is 1. The van der Waals surface area contributed by atoms with Gasteiger partial charge < -0.3 is 0 Å². The molecule has 1 aliphatic carbocycles. The average molecular weight is 151 g/mol. The van der Waals surface area contributed by atoms with E-state index < -0.39 is 0 Å². The van der Waals surface area contributed by atoms with Crippen LogP contribution >= 0.6 is 0 Å². The molecule has 0 aromatic heterocycles. The summed E-state index contributed by atoms with van der Waals surface area (Å²) < 4.78 is 0. The minimum Gasteiger partial charge on any atom is -0.198 e. The van der Waals surface area contributed by atoms with E-state index in [0.29, 0.717) is 5.41 Å². The van der Waals surface area contributed by atoms with Gasteiger partial charge >= 0.3 is 0 Å². The Morgan fingerprint density at radius 2 is 2.00 bits per heavy atom. The molecule has 1 nitrogen and oxygen atoms in total. The van der Waals surface area contributed by atoms with Gasteiger partial charge in [0, 0.05) is 0 Å². The highest BCUT2D eigenvalue weighted by atomic mass is 14.4. The smallest absolute Gasteiger partial charge is 0.0683 e. The number of hydrogen-bond acceptors (Lipinski definition) is 1. The fourth-order valence-corrected chi connectivity index (χ4v) is 1.13. The fraction of sp³-hybridized carbons (Fsp3) is 0.900. The highest BCUT2D eigenvalue weighted by Crippen LogP contribution is 2.50. The molecular formula is C10H17N. The van der Waals surface area contributed by atoms with Crippen LogP contribution in [0.1, 0.15) is 46.5 Å². The van der Waals surface area contributed by atoms with Gasteiger partial charge in [-0.15, -0.1) is 0 Å². The van der Waals surface area contributed by atoms with Crippen LogP contribution < -0.4 is 0 Å². The lowest BCUT2D eigenvalue weighted by Gasteiger charge is -2.17. The number of rotatable bonds is 3. The summed E-state index contributed by atoms with van der Waals surface area (Å²) in [4.78, 5) is 0. The van der Waals surface area contributed by atoms with Crippen molar-refractivity contribution in [2.75, 3.05) is 0 Å². The van der Waals surface area contributed by atoms with Gasteiger partial charge in [0.15, 0.2) is 0 Å². The van der Waals surface area contributed by atoms with Crippen LogP contribution in [-0.2, 0) is 0 Å². The normalized spacial score (nSPS) is 20.9. The summed E-state index contributed by atoms with van der Waals surface area (Å²) in [5.41, 5.74) is 0.500. The zero-order valence-corrected chi connectivity index (χ0v) is 7.78. The summed E-state index contributed by atoms with van der Waals surface area (Å²) >= 11 is 0. The third kappa shape index (κ3) is 2.54. The summed E-state index contributed by atoms with van der Waals surface area (Å²) in [7, 11) is 0. The Hall–Kier alpha value is -0.510. The van der Waals surface area contributed by atoms with Crippen molar-refractivity contribution < 1.29 is 0 Å². The second-order valence-electron chi connectivity index (χ2n) is 4.81. The molecular weight excluding hydrogens is 134 g/mol. The van der Waals surface area contributed by atoms with Gasteiger partial charge in [0.1, 0.15) is 0 Å². The minimum atomic E-state index is -0.106. The van der Waals surface area contributed by atoms with E-state index in [1.807, 2.05) is 13.8 Å². The van der Waals surface area contributed by atoms with Gasteiger partial charge in [-0.25, -0.2) is 0 Å². The Morgan fingerprint density at radius 1 is 1.45 bits per heavy atom. The molecule has 0 atom stereocenters. The van der Waals surface area contributed by atoms with Crippen LogP contribution in [-0.4, -0.2) is 0 Å². The van der Waals surface area contributed by atoms with Crippen molar-refractivity contribution in [2.45, 2.75) is 46.5 Å². The third-order valence-corrected chi connectivity index (χ3v) is 2.76.